The molecule has 0 saturated carbocycles. The van der Waals surface area contributed by atoms with Crippen molar-refractivity contribution in [1.82, 2.24) is 10.6 Å². The van der Waals surface area contributed by atoms with Gasteiger partial charge in [-0.1, -0.05) is 0 Å². The van der Waals surface area contributed by atoms with Crippen LogP contribution in [0.15, 0.2) is 0 Å². The van der Waals surface area contributed by atoms with Crippen LogP contribution < -0.4 is 10.6 Å². The third kappa shape index (κ3) is 5.26. The fourth-order valence-corrected chi connectivity index (χ4v) is 1.40. The molecule has 0 aliphatic carbocycles. The number of carbonyl (C=O) groups excluding carboxylic acids is 2. The predicted molar refractivity (Wildman–Crippen MR) is 64.9 cm³/mol. The second kappa shape index (κ2) is 7.39. The summed E-state index contributed by atoms with van der Waals surface area (Å²) in [6.07, 6.45) is 0. The van der Waals surface area contributed by atoms with Gasteiger partial charge >= 0.3 is 5.97 Å². The summed E-state index contributed by atoms with van der Waals surface area (Å²) in [7, 11) is 0. The van der Waals surface area contributed by atoms with Gasteiger partial charge in [0.15, 0.2) is 0 Å². The Morgan fingerprint density at radius 2 is 1.62 bits per heavy atom. The zero-order valence-corrected chi connectivity index (χ0v) is 10.4. The second-order valence-corrected chi connectivity index (χ2v) is 3.75. The molecule has 0 bridgehead atoms. The Bertz CT molecular complexity index is 285. The van der Waals surface area contributed by atoms with Crippen LogP contribution in [-0.2, 0) is 14.4 Å². The van der Waals surface area contributed by atoms with Crippen LogP contribution in [0, 0.1) is 0 Å². The zero-order valence-electron chi connectivity index (χ0n) is 8.64. The molecular formula is C8H14N2O4S2. The van der Waals surface area contributed by atoms with Gasteiger partial charge < -0.3 is 15.7 Å². The number of rotatable bonds is 6. The molecule has 0 fully saturated rings. The summed E-state index contributed by atoms with van der Waals surface area (Å²) in [5.74, 6) is -2.09. The van der Waals surface area contributed by atoms with Gasteiger partial charge in [-0.2, -0.15) is 25.3 Å². The van der Waals surface area contributed by atoms with E-state index in [1.165, 1.54) is 6.92 Å². The molecule has 2 amide bonds. The van der Waals surface area contributed by atoms with E-state index in [4.69, 9.17) is 5.11 Å². The van der Waals surface area contributed by atoms with E-state index in [0.29, 0.717) is 0 Å². The van der Waals surface area contributed by atoms with E-state index in [0.717, 1.165) is 0 Å². The largest absolute Gasteiger partial charge is 0.480 e. The van der Waals surface area contributed by atoms with E-state index in [1.807, 2.05) is 0 Å². The van der Waals surface area contributed by atoms with Gasteiger partial charge in [0.2, 0.25) is 11.8 Å². The second-order valence-electron chi connectivity index (χ2n) is 3.02. The molecule has 3 N–H and O–H groups in total. The lowest BCUT2D eigenvalue weighted by Crippen LogP contribution is -2.52. The fraction of sp³-hybridized carbons (Fsp3) is 0.625. The Kier molecular flexibility index (Phi) is 6.98. The molecular weight excluding hydrogens is 252 g/mol. The van der Waals surface area contributed by atoms with Gasteiger partial charge in [0.05, 0.1) is 0 Å². The number of aliphatic carboxylic acids is 1. The van der Waals surface area contributed by atoms with E-state index in [-0.39, 0.29) is 17.4 Å². The van der Waals surface area contributed by atoms with Crippen LogP contribution in [0.4, 0.5) is 0 Å². The van der Waals surface area contributed by atoms with Crippen LogP contribution in [0.1, 0.15) is 6.92 Å². The summed E-state index contributed by atoms with van der Waals surface area (Å²) in [6, 6.07) is -1.92. The first-order valence-electron chi connectivity index (χ1n) is 4.44. The van der Waals surface area contributed by atoms with Crippen LogP contribution in [0.25, 0.3) is 0 Å². The number of carbonyl (C=O) groups is 3. The summed E-state index contributed by atoms with van der Waals surface area (Å²) >= 11 is 7.69. The van der Waals surface area contributed by atoms with E-state index >= 15 is 0 Å². The minimum absolute atomic E-state index is 0.0273. The summed E-state index contributed by atoms with van der Waals surface area (Å²) in [6.45, 7) is 1.26. The molecule has 0 aromatic carbocycles. The molecule has 0 saturated heterocycles. The number of thiol groups is 2. The van der Waals surface area contributed by atoms with Crippen molar-refractivity contribution in [3.8, 4) is 0 Å². The average Bonchev–Trinajstić information content (AvgIpc) is 2.21. The van der Waals surface area contributed by atoms with Crippen molar-refractivity contribution >= 4 is 43.0 Å². The van der Waals surface area contributed by atoms with E-state index < -0.39 is 24.0 Å². The van der Waals surface area contributed by atoms with E-state index in [1.54, 1.807) is 0 Å². The first-order valence-corrected chi connectivity index (χ1v) is 5.70. The predicted octanol–water partition coefficient (Wildman–Crippen LogP) is -1.08. The molecule has 2 atom stereocenters. The normalized spacial score (nSPS) is 13.7. The van der Waals surface area contributed by atoms with Crippen molar-refractivity contribution in [1.29, 1.82) is 0 Å². The first kappa shape index (κ1) is 15.1. The van der Waals surface area contributed by atoms with Crippen molar-refractivity contribution in [2.75, 3.05) is 11.5 Å². The Labute approximate surface area is 104 Å². The number of carboxylic acid groups (broad SMARTS) is 1. The monoisotopic (exact) mass is 266 g/mol. The van der Waals surface area contributed by atoms with Crippen LogP contribution in [0.5, 0.6) is 0 Å². The van der Waals surface area contributed by atoms with Gasteiger partial charge in [-0.25, -0.2) is 4.79 Å². The molecule has 16 heavy (non-hydrogen) atoms. The summed E-state index contributed by atoms with van der Waals surface area (Å²) in [5.41, 5.74) is 0. The van der Waals surface area contributed by atoms with Gasteiger partial charge in [0, 0.05) is 18.4 Å². The minimum atomic E-state index is -1.18. The molecule has 0 aromatic rings. The number of hydrogen-bond donors (Lipinski definition) is 5. The summed E-state index contributed by atoms with van der Waals surface area (Å²) in [4.78, 5) is 32.9. The van der Waals surface area contributed by atoms with Gasteiger partial charge in [0.1, 0.15) is 12.1 Å². The van der Waals surface area contributed by atoms with Crippen LogP contribution >= 0.6 is 25.3 Å². The average molecular weight is 266 g/mol. The van der Waals surface area contributed by atoms with Gasteiger partial charge in [-0.05, 0) is 0 Å². The Hall–Kier alpha value is -0.890. The lowest BCUT2D eigenvalue weighted by molar-refractivity contribution is -0.141. The lowest BCUT2D eigenvalue weighted by Gasteiger charge is -2.18. The first-order chi connectivity index (χ1) is 7.42. The minimum Gasteiger partial charge on any atom is -0.480 e. The topological polar surface area (TPSA) is 95.5 Å². The molecule has 1 unspecified atom stereocenters. The highest BCUT2D eigenvalue weighted by atomic mass is 32.1. The van der Waals surface area contributed by atoms with Gasteiger partial charge in [0.25, 0.3) is 0 Å². The Balaban J connectivity index is 4.40. The molecule has 0 radical (unpaired) electrons. The molecule has 0 aromatic heterocycles. The summed E-state index contributed by atoms with van der Waals surface area (Å²) in [5, 5.41) is 13.3. The molecule has 92 valence electrons. The maximum atomic E-state index is 11.5. The maximum Gasteiger partial charge on any atom is 0.327 e. The SMILES string of the molecule is CC(=O)N[C@@H](CS)C(=O)NC(CS)C(=O)O. The quantitative estimate of drug-likeness (QED) is 0.395. The highest BCUT2D eigenvalue weighted by molar-refractivity contribution is 7.80. The zero-order chi connectivity index (χ0) is 12.7. The van der Waals surface area contributed by atoms with Gasteiger partial charge in [-0.15, -0.1) is 0 Å². The van der Waals surface area contributed by atoms with E-state index in [9.17, 15) is 14.4 Å². The van der Waals surface area contributed by atoms with Crippen molar-refractivity contribution in [2.24, 2.45) is 0 Å². The third-order valence-electron chi connectivity index (χ3n) is 1.67. The Morgan fingerprint density at radius 1 is 1.12 bits per heavy atom. The third-order valence-corrected chi connectivity index (χ3v) is 2.40. The highest BCUT2D eigenvalue weighted by Gasteiger charge is 2.23. The number of hydrogen-bond acceptors (Lipinski definition) is 5. The van der Waals surface area contributed by atoms with Gasteiger partial charge in [-0.3, -0.25) is 9.59 Å². The molecule has 0 aliphatic heterocycles. The van der Waals surface area contributed by atoms with Crippen LogP contribution in [-0.4, -0.2) is 46.5 Å². The standard InChI is InChI=1S/C8H14N2O4S2/c1-4(11)9-5(2-15)7(12)10-6(3-16)8(13)14/h5-6,15-16H,2-3H2,1H3,(H,9,11)(H,10,12)(H,13,14)/t5-,6?/m0/s1. The highest BCUT2D eigenvalue weighted by Crippen LogP contribution is 1.93. The van der Waals surface area contributed by atoms with Crippen molar-refractivity contribution in [3.05, 3.63) is 0 Å². The molecule has 8 heteroatoms. The number of carboxylic acids is 1. The number of amides is 2. The Morgan fingerprint density at radius 3 is 1.94 bits per heavy atom. The molecule has 0 aliphatic rings. The molecule has 6 nitrogen and oxygen atoms in total. The van der Waals surface area contributed by atoms with Crippen LogP contribution in [0.2, 0.25) is 0 Å². The fourth-order valence-electron chi connectivity index (χ4n) is 0.897. The van der Waals surface area contributed by atoms with Crippen molar-refractivity contribution < 1.29 is 19.5 Å². The molecule has 0 spiro atoms. The molecule has 0 heterocycles. The molecule has 0 rings (SSSR count). The van der Waals surface area contributed by atoms with E-state index in [2.05, 4.69) is 35.9 Å². The number of nitrogens with one attached hydrogen (secondary N) is 2. The smallest absolute Gasteiger partial charge is 0.327 e. The van der Waals surface area contributed by atoms with Crippen molar-refractivity contribution in [3.63, 3.8) is 0 Å². The summed E-state index contributed by atoms with van der Waals surface area (Å²) < 4.78 is 0. The lowest BCUT2D eigenvalue weighted by atomic mass is 10.2. The maximum absolute atomic E-state index is 11.5. The van der Waals surface area contributed by atoms with Crippen molar-refractivity contribution in [2.45, 2.75) is 19.0 Å². The van der Waals surface area contributed by atoms with Crippen LogP contribution in [0.3, 0.4) is 0 Å².